The molecular formula is C12H12ClF2N3O2. The van der Waals surface area contributed by atoms with Crippen molar-refractivity contribution in [1.29, 1.82) is 0 Å². The summed E-state index contributed by atoms with van der Waals surface area (Å²) in [7, 11) is 0. The predicted molar refractivity (Wildman–Crippen MR) is 69.7 cm³/mol. The number of nitrogens with zero attached hydrogens (tertiary/aromatic N) is 2. The molecule has 1 aromatic carbocycles. The van der Waals surface area contributed by atoms with E-state index in [1.54, 1.807) is 18.2 Å². The minimum absolute atomic E-state index is 0.0966. The normalized spacial score (nSPS) is 11.2. The molecular weight excluding hydrogens is 292 g/mol. The van der Waals surface area contributed by atoms with Gasteiger partial charge in [-0.2, -0.15) is 4.98 Å². The molecule has 0 aliphatic heterocycles. The van der Waals surface area contributed by atoms with Gasteiger partial charge in [0.2, 0.25) is 0 Å². The van der Waals surface area contributed by atoms with Crippen molar-refractivity contribution in [3.05, 3.63) is 29.0 Å². The molecule has 1 aromatic heterocycles. The minimum atomic E-state index is -2.48. The Morgan fingerprint density at radius 2 is 2.20 bits per heavy atom. The molecule has 0 fully saturated rings. The van der Waals surface area contributed by atoms with Crippen molar-refractivity contribution in [1.82, 2.24) is 10.1 Å². The third kappa shape index (κ3) is 3.88. The van der Waals surface area contributed by atoms with E-state index in [-0.39, 0.29) is 18.9 Å². The molecule has 0 aliphatic carbocycles. The van der Waals surface area contributed by atoms with Crippen molar-refractivity contribution in [2.45, 2.75) is 12.8 Å². The van der Waals surface area contributed by atoms with E-state index in [9.17, 15) is 8.78 Å². The molecule has 0 spiro atoms. The van der Waals surface area contributed by atoms with Crippen LogP contribution in [-0.2, 0) is 11.2 Å². The van der Waals surface area contributed by atoms with Crippen LogP contribution in [-0.4, -0.2) is 29.8 Å². The highest BCUT2D eigenvalue weighted by molar-refractivity contribution is 6.31. The first-order valence-electron chi connectivity index (χ1n) is 5.80. The van der Waals surface area contributed by atoms with Gasteiger partial charge >= 0.3 is 0 Å². The number of nitrogens with two attached hydrogens (primary N) is 1. The summed E-state index contributed by atoms with van der Waals surface area (Å²) in [4.78, 5) is 4.12. The quantitative estimate of drug-likeness (QED) is 0.656. The largest absolute Gasteiger partial charge is 0.398 e. The van der Waals surface area contributed by atoms with E-state index in [0.29, 0.717) is 22.1 Å². The second kappa shape index (κ2) is 6.62. The Kier molecular flexibility index (Phi) is 4.86. The number of halogens is 3. The lowest BCUT2D eigenvalue weighted by atomic mass is 10.2. The highest BCUT2D eigenvalue weighted by atomic mass is 35.5. The zero-order valence-corrected chi connectivity index (χ0v) is 11.1. The van der Waals surface area contributed by atoms with E-state index in [0.717, 1.165) is 0 Å². The summed E-state index contributed by atoms with van der Waals surface area (Å²) in [5.74, 6) is 0.617. The van der Waals surface area contributed by atoms with Crippen LogP contribution in [0.25, 0.3) is 11.5 Å². The molecule has 0 saturated heterocycles. The molecule has 0 saturated carbocycles. The molecule has 2 aromatic rings. The van der Waals surface area contributed by atoms with E-state index in [1.807, 2.05) is 0 Å². The monoisotopic (exact) mass is 303 g/mol. The van der Waals surface area contributed by atoms with E-state index in [2.05, 4.69) is 10.1 Å². The van der Waals surface area contributed by atoms with Crippen molar-refractivity contribution in [2.75, 3.05) is 18.9 Å². The maximum atomic E-state index is 11.9. The first-order valence-corrected chi connectivity index (χ1v) is 6.18. The van der Waals surface area contributed by atoms with Gasteiger partial charge in [-0.25, -0.2) is 8.78 Å². The number of hydrogen-bond acceptors (Lipinski definition) is 5. The summed E-state index contributed by atoms with van der Waals surface area (Å²) in [5.41, 5.74) is 6.79. The molecule has 0 unspecified atom stereocenters. The number of aromatic nitrogens is 2. The van der Waals surface area contributed by atoms with Gasteiger partial charge in [0.15, 0.2) is 5.82 Å². The fraction of sp³-hybridized carbons (Fsp3) is 0.333. The highest BCUT2D eigenvalue weighted by Gasteiger charge is 2.12. The molecule has 1 heterocycles. The van der Waals surface area contributed by atoms with Gasteiger partial charge in [0.25, 0.3) is 12.3 Å². The molecule has 108 valence electrons. The molecule has 0 bridgehead atoms. The van der Waals surface area contributed by atoms with E-state index in [4.69, 9.17) is 26.6 Å². The first kappa shape index (κ1) is 14.7. The lowest BCUT2D eigenvalue weighted by molar-refractivity contribution is 0.0182. The molecule has 0 aliphatic rings. The standard InChI is InChI=1S/C12H12ClF2N3O2/c13-7-1-2-8(9(16)5-7)12-17-11(18-20-12)3-4-19-6-10(14)15/h1-2,5,10H,3-4,6,16H2. The topological polar surface area (TPSA) is 74.2 Å². The Balaban J connectivity index is 1.98. The maximum Gasteiger partial charge on any atom is 0.261 e. The van der Waals surface area contributed by atoms with Crippen molar-refractivity contribution in [3.63, 3.8) is 0 Å². The number of anilines is 1. The van der Waals surface area contributed by atoms with Crippen LogP contribution < -0.4 is 5.73 Å². The molecule has 5 nitrogen and oxygen atoms in total. The zero-order chi connectivity index (χ0) is 14.5. The Morgan fingerprint density at radius 3 is 2.90 bits per heavy atom. The van der Waals surface area contributed by atoms with E-state index < -0.39 is 13.0 Å². The summed E-state index contributed by atoms with van der Waals surface area (Å²) >= 11 is 5.80. The number of benzene rings is 1. The highest BCUT2D eigenvalue weighted by Crippen LogP contribution is 2.27. The molecule has 0 radical (unpaired) electrons. The van der Waals surface area contributed by atoms with Gasteiger partial charge in [-0.3, -0.25) is 0 Å². The molecule has 2 rings (SSSR count). The van der Waals surface area contributed by atoms with Gasteiger partial charge in [-0.05, 0) is 18.2 Å². The van der Waals surface area contributed by atoms with Gasteiger partial charge in [-0.1, -0.05) is 16.8 Å². The summed E-state index contributed by atoms with van der Waals surface area (Å²) in [6.07, 6.45) is -2.20. The molecule has 0 amide bonds. The number of hydrogen-bond donors (Lipinski definition) is 1. The second-order valence-electron chi connectivity index (χ2n) is 3.96. The summed E-state index contributed by atoms with van der Waals surface area (Å²) in [5, 5.41) is 4.24. The molecule has 2 N–H and O–H groups in total. The number of nitrogen functional groups attached to an aromatic ring is 1. The average molecular weight is 304 g/mol. The third-order valence-electron chi connectivity index (χ3n) is 2.43. The van der Waals surface area contributed by atoms with Crippen LogP contribution in [0.1, 0.15) is 5.82 Å². The Hall–Kier alpha value is -1.73. The number of ether oxygens (including phenoxy) is 1. The fourth-order valence-corrected chi connectivity index (χ4v) is 1.71. The van der Waals surface area contributed by atoms with E-state index >= 15 is 0 Å². The Morgan fingerprint density at radius 1 is 1.40 bits per heavy atom. The van der Waals surface area contributed by atoms with Crippen molar-refractivity contribution < 1.29 is 18.0 Å². The van der Waals surface area contributed by atoms with Gasteiger partial charge in [-0.15, -0.1) is 0 Å². The van der Waals surface area contributed by atoms with Crippen LogP contribution in [0.5, 0.6) is 0 Å². The summed E-state index contributed by atoms with van der Waals surface area (Å²) in [6.45, 7) is -0.506. The van der Waals surface area contributed by atoms with Crippen LogP contribution in [0.15, 0.2) is 22.7 Å². The van der Waals surface area contributed by atoms with Crippen molar-refractivity contribution >= 4 is 17.3 Å². The van der Waals surface area contributed by atoms with Crippen LogP contribution in [0.3, 0.4) is 0 Å². The SMILES string of the molecule is Nc1cc(Cl)ccc1-c1nc(CCOCC(F)F)no1. The third-order valence-corrected chi connectivity index (χ3v) is 2.66. The zero-order valence-electron chi connectivity index (χ0n) is 10.4. The predicted octanol–water partition coefficient (Wildman–Crippen LogP) is 2.80. The van der Waals surface area contributed by atoms with Gasteiger partial charge in [0, 0.05) is 17.1 Å². The van der Waals surface area contributed by atoms with Gasteiger partial charge in [0.05, 0.1) is 12.2 Å². The maximum absolute atomic E-state index is 11.9. The Labute approximate surface area is 118 Å². The van der Waals surface area contributed by atoms with Crippen LogP contribution in [0.4, 0.5) is 14.5 Å². The lowest BCUT2D eigenvalue weighted by Crippen LogP contribution is -2.07. The smallest absolute Gasteiger partial charge is 0.261 e. The lowest BCUT2D eigenvalue weighted by Gasteiger charge is -2.00. The van der Waals surface area contributed by atoms with Crippen LogP contribution in [0, 0.1) is 0 Å². The minimum Gasteiger partial charge on any atom is -0.398 e. The van der Waals surface area contributed by atoms with E-state index in [1.165, 1.54) is 0 Å². The molecule has 8 heteroatoms. The van der Waals surface area contributed by atoms with Gasteiger partial charge in [0.1, 0.15) is 6.61 Å². The number of alkyl halides is 2. The summed E-state index contributed by atoms with van der Waals surface area (Å²) < 4.78 is 33.5. The second-order valence-corrected chi connectivity index (χ2v) is 4.40. The van der Waals surface area contributed by atoms with Crippen LogP contribution >= 0.6 is 11.6 Å². The average Bonchev–Trinajstić information content (AvgIpc) is 2.83. The van der Waals surface area contributed by atoms with Crippen LogP contribution in [0.2, 0.25) is 5.02 Å². The van der Waals surface area contributed by atoms with Crippen molar-refractivity contribution in [2.24, 2.45) is 0 Å². The molecule has 20 heavy (non-hydrogen) atoms. The van der Waals surface area contributed by atoms with Crippen molar-refractivity contribution in [3.8, 4) is 11.5 Å². The summed E-state index contributed by atoms with van der Waals surface area (Å²) in [6, 6.07) is 4.90. The fourth-order valence-electron chi connectivity index (χ4n) is 1.53. The van der Waals surface area contributed by atoms with Gasteiger partial charge < -0.3 is 15.0 Å². The number of rotatable bonds is 6. The molecule has 0 atom stereocenters. The first-order chi connectivity index (χ1) is 9.56. The Bertz CT molecular complexity index is 578.